The van der Waals surface area contributed by atoms with Gasteiger partial charge in [0.25, 0.3) is 5.56 Å². The Morgan fingerprint density at radius 1 is 1.19 bits per heavy atom. The van der Waals surface area contributed by atoms with Crippen molar-refractivity contribution in [3.8, 4) is 11.5 Å². The summed E-state index contributed by atoms with van der Waals surface area (Å²) >= 11 is 7.37. The lowest BCUT2D eigenvalue weighted by Gasteiger charge is -2.11. The van der Waals surface area contributed by atoms with E-state index in [1.807, 2.05) is 6.92 Å². The molecule has 32 heavy (non-hydrogen) atoms. The van der Waals surface area contributed by atoms with Crippen molar-refractivity contribution in [2.24, 2.45) is 0 Å². The third kappa shape index (κ3) is 3.65. The molecule has 0 spiro atoms. The molecule has 11 heteroatoms. The SMILES string of the molecule is CCCn1c(=O)c2cc(Cl)ccc2n2c(SCC(=O)Nc3ccc4c(c3)OCO4)nnc12. The number of halogens is 1. The molecule has 0 radical (unpaired) electrons. The number of rotatable bonds is 6. The van der Waals surface area contributed by atoms with Gasteiger partial charge in [-0.1, -0.05) is 30.3 Å². The number of anilines is 1. The highest BCUT2D eigenvalue weighted by Gasteiger charge is 2.18. The molecule has 1 aliphatic rings. The van der Waals surface area contributed by atoms with Gasteiger partial charge < -0.3 is 14.8 Å². The van der Waals surface area contributed by atoms with Crippen LogP contribution in [-0.4, -0.2) is 37.6 Å². The van der Waals surface area contributed by atoms with Gasteiger partial charge in [0.2, 0.25) is 18.5 Å². The third-order valence-corrected chi connectivity index (χ3v) is 6.13. The highest BCUT2D eigenvalue weighted by atomic mass is 35.5. The van der Waals surface area contributed by atoms with E-state index in [-0.39, 0.29) is 24.0 Å². The summed E-state index contributed by atoms with van der Waals surface area (Å²) in [6.45, 7) is 2.65. The molecule has 0 unspecified atom stereocenters. The van der Waals surface area contributed by atoms with Crippen LogP contribution in [0.4, 0.5) is 5.69 Å². The van der Waals surface area contributed by atoms with Crippen molar-refractivity contribution in [2.45, 2.75) is 25.0 Å². The number of hydrogen-bond donors (Lipinski definition) is 1. The fraction of sp³-hybridized carbons (Fsp3) is 0.238. The number of carbonyl (C=O) groups excluding carboxylic acids is 1. The Morgan fingerprint density at radius 3 is 2.88 bits per heavy atom. The zero-order valence-corrected chi connectivity index (χ0v) is 18.6. The van der Waals surface area contributed by atoms with Gasteiger partial charge in [0.1, 0.15) is 0 Å². The Morgan fingerprint density at radius 2 is 2.03 bits per heavy atom. The topological polar surface area (TPSA) is 99.8 Å². The fourth-order valence-corrected chi connectivity index (χ4v) is 4.49. The second-order valence-electron chi connectivity index (χ2n) is 7.14. The number of nitrogens with zero attached hydrogens (tertiary/aromatic N) is 4. The van der Waals surface area contributed by atoms with Crippen molar-refractivity contribution in [1.82, 2.24) is 19.2 Å². The first-order chi connectivity index (χ1) is 15.5. The van der Waals surface area contributed by atoms with Crippen LogP contribution in [0.15, 0.2) is 46.3 Å². The number of carbonyl (C=O) groups is 1. The number of hydrogen-bond acceptors (Lipinski definition) is 7. The Hall–Kier alpha value is -3.24. The van der Waals surface area contributed by atoms with Gasteiger partial charge in [0.05, 0.1) is 16.7 Å². The first-order valence-corrected chi connectivity index (χ1v) is 11.3. The lowest BCUT2D eigenvalue weighted by molar-refractivity contribution is -0.113. The van der Waals surface area contributed by atoms with E-state index in [0.29, 0.717) is 50.6 Å². The average Bonchev–Trinajstić information content (AvgIpc) is 3.42. The van der Waals surface area contributed by atoms with E-state index in [2.05, 4.69) is 15.5 Å². The minimum absolute atomic E-state index is 0.108. The number of ether oxygens (including phenoxy) is 2. The van der Waals surface area contributed by atoms with E-state index in [9.17, 15) is 9.59 Å². The van der Waals surface area contributed by atoms with Crippen LogP contribution in [0.2, 0.25) is 5.02 Å². The summed E-state index contributed by atoms with van der Waals surface area (Å²) in [5, 5.41) is 12.8. The van der Waals surface area contributed by atoms with Gasteiger partial charge in [-0.3, -0.25) is 18.6 Å². The van der Waals surface area contributed by atoms with Crippen LogP contribution in [0.5, 0.6) is 11.5 Å². The Bertz CT molecular complexity index is 1420. The monoisotopic (exact) mass is 471 g/mol. The molecule has 2 aromatic carbocycles. The van der Waals surface area contributed by atoms with Gasteiger partial charge in [-0.25, -0.2) is 0 Å². The standard InChI is InChI=1S/C21H18ClN5O4S/c1-2-7-26-19(29)14-8-12(22)3-5-15(14)27-20(26)24-25-21(27)32-10-18(28)23-13-4-6-16-17(9-13)31-11-30-16/h3-6,8-9H,2,7,10-11H2,1H3,(H,23,28). The van der Waals surface area contributed by atoms with Gasteiger partial charge in [-0.15, -0.1) is 10.2 Å². The molecule has 1 aliphatic heterocycles. The molecule has 1 amide bonds. The molecule has 1 N–H and O–H groups in total. The van der Waals surface area contributed by atoms with E-state index in [0.717, 1.165) is 6.42 Å². The highest BCUT2D eigenvalue weighted by Crippen LogP contribution is 2.34. The summed E-state index contributed by atoms with van der Waals surface area (Å²) in [6.07, 6.45) is 0.759. The molecule has 0 aliphatic carbocycles. The highest BCUT2D eigenvalue weighted by molar-refractivity contribution is 7.99. The van der Waals surface area contributed by atoms with E-state index in [1.54, 1.807) is 45.4 Å². The first-order valence-electron chi connectivity index (χ1n) is 9.94. The van der Waals surface area contributed by atoms with Gasteiger partial charge in [-0.05, 0) is 36.8 Å². The fourth-order valence-electron chi connectivity index (χ4n) is 3.58. The molecular formula is C21H18ClN5O4S. The quantitative estimate of drug-likeness (QED) is 0.429. The van der Waals surface area contributed by atoms with Crippen LogP contribution < -0.4 is 20.3 Å². The predicted octanol–water partition coefficient (Wildman–Crippen LogP) is 3.57. The first kappa shape index (κ1) is 20.7. The molecular weight excluding hydrogens is 454 g/mol. The van der Waals surface area contributed by atoms with Crippen LogP contribution in [0, 0.1) is 0 Å². The summed E-state index contributed by atoms with van der Waals surface area (Å²) in [4.78, 5) is 25.5. The van der Waals surface area contributed by atoms with Crippen molar-refractivity contribution in [3.63, 3.8) is 0 Å². The number of fused-ring (bicyclic) bond motifs is 4. The number of thioether (sulfide) groups is 1. The molecule has 164 valence electrons. The normalized spacial score (nSPS) is 12.6. The van der Waals surface area contributed by atoms with Crippen molar-refractivity contribution in [1.29, 1.82) is 0 Å². The van der Waals surface area contributed by atoms with E-state index in [1.165, 1.54) is 11.8 Å². The molecule has 3 heterocycles. The maximum atomic E-state index is 13.0. The lowest BCUT2D eigenvalue weighted by atomic mass is 10.2. The second-order valence-corrected chi connectivity index (χ2v) is 8.52. The summed E-state index contributed by atoms with van der Waals surface area (Å²) in [5.41, 5.74) is 1.09. The second kappa shape index (κ2) is 8.36. The Labute approximate surface area is 191 Å². The molecule has 0 bridgehead atoms. The van der Waals surface area contributed by atoms with Crippen LogP contribution in [0.25, 0.3) is 16.7 Å². The molecule has 0 saturated carbocycles. The number of amides is 1. The van der Waals surface area contributed by atoms with Crippen molar-refractivity contribution < 1.29 is 14.3 Å². The summed E-state index contributed by atoms with van der Waals surface area (Å²) in [6, 6.07) is 10.4. The molecule has 0 saturated heterocycles. The number of benzene rings is 2. The van der Waals surface area contributed by atoms with Crippen molar-refractivity contribution in [3.05, 3.63) is 51.8 Å². The van der Waals surface area contributed by atoms with Gasteiger partial charge >= 0.3 is 0 Å². The van der Waals surface area contributed by atoms with Gasteiger partial charge in [-0.2, -0.15) is 0 Å². The van der Waals surface area contributed by atoms with Gasteiger partial charge in [0.15, 0.2) is 16.7 Å². The number of nitrogens with one attached hydrogen (secondary N) is 1. The number of aryl methyl sites for hydroxylation is 1. The van der Waals surface area contributed by atoms with E-state index in [4.69, 9.17) is 21.1 Å². The Kier molecular flexibility index (Phi) is 5.40. The predicted molar refractivity (Wildman–Crippen MR) is 122 cm³/mol. The van der Waals surface area contributed by atoms with Crippen LogP contribution in [0.1, 0.15) is 13.3 Å². The summed E-state index contributed by atoms with van der Waals surface area (Å²) in [7, 11) is 0. The zero-order valence-electron chi connectivity index (χ0n) is 17.0. The lowest BCUT2D eigenvalue weighted by Crippen LogP contribution is -2.23. The van der Waals surface area contributed by atoms with Gasteiger partial charge in [0, 0.05) is 23.3 Å². The minimum Gasteiger partial charge on any atom is -0.454 e. The van der Waals surface area contributed by atoms with E-state index < -0.39 is 0 Å². The minimum atomic E-state index is -0.208. The van der Waals surface area contributed by atoms with E-state index >= 15 is 0 Å². The Balaban J connectivity index is 1.44. The molecule has 0 atom stereocenters. The molecule has 5 rings (SSSR count). The maximum Gasteiger partial charge on any atom is 0.262 e. The van der Waals surface area contributed by atoms with Crippen molar-refractivity contribution >= 4 is 51.6 Å². The van der Waals surface area contributed by atoms with Crippen LogP contribution in [0.3, 0.4) is 0 Å². The maximum absolute atomic E-state index is 13.0. The molecule has 9 nitrogen and oxygen atoms in total. The largest absolute Gasteiger partial charge is 0.454 e. The molecule has 0 fully saturated rings. The molecule has 4 aromatic rings. The zero-order chi connectivity index (χ0) is 22.2. The summed E-state index contributed by atoms with van der Waals surface area (Å²) in [5.74, 6) is 1.58. The van der Waals surface area contributed by atoms with Crippen molar-refractivity contribution in [2.75, 3.05) is 17.9 Å². The van der Waals surface area contributed by atoms with Crippen LogP contribution in [-0.2, 0) is 11.3 Å². The smallest absolute Gasteiger partial charge is 0.262 e. The molecule has 2 aromatic heterocycles. The average molecular weight is 472 g/mol. The third-order valence-electron chi connectivity index (χ3n) is 4.97. The summed E-state index contributed by atoms with van der Waals surface area (Å²) < 4.78 is 14.0. The number of aromatic nitrogens is 4. The van der Waals surface area contributed by atoms with Crippen LogP contribution >= 0.6 is 23.4 Å².